The Hall–Kier alpha value is -2.20. The zero-order valence-corrected chi connectivity index (χ0v) is 17.9. The molecule has 0 unspecified atom stereocenters. The van der Waals surface area contributed by atoms with E-state index in [0.29, 0.717) is 23.2 Å². The van der Waals surface area contributed by atoms with Gasteiger partial charge in [-0.05, 0) is 72.7 Å². The van der Waals surface area contributed by atoms with Crippen molar-refractivity contribution in [2.75, 3.05) is 0 Å². The second-order valence-corrected chi connectivity index (χ2v) is 10.0. The van der Waals surface area contributed by atoms with Crippen LogP contribution in [-0.2, 0) is 10.0 Å². The molecular weight excluding hydrogens is 489 g/mol. The average molecular weight is 505 g/mol. The highest BCUT2D eigenvalue weighted by Gasteiger charge is 2.29. The Kier molecular flexibility index (Phi) is 4.09. The number of nitrogens with zero attached hydrogens (tertiary/aromatic N) is 3. The molecule has 5 rings (SSSR count). The molecule has 2 heterocycles. The molecule has 0 radical (unpaired) electrons. The number of rotatable bonds is 4. The van der Waals surface area contributed by atoms with Crippen LogP contribution in [0, 0.1) is 10.5 Å². The number of benzene rings is 2. The van der Waals surface area contributed by atoms with Crippen molar-refractivity contribution in [2.24, 2.45) is 0 Å². The first-order valence-electron chi connectivity index (χ1n) is 8.90. The third kappa shape index (κ3) is 2.95. The van der Waals surface area contributed by atoms with Gasteiger partial charge in [0.25, 0.3) is 10.0 Å². The first-order chi connectivity index (χ1) is 13.4. The van der Waals surface area contributed by atoms with Crippen molar-refractivity contribution in [2.45, 2.75) is 30.6 Å². The van der Waals surface area contributed by atoms with E-state index in [1.165, 1.54) is 3.97 Å². The normalized spacial score (nSPS) is 14.6. The lowest BCUT2D eigenvalue weighted by Crippen LogP contribution is -2.11. The molecule has 1 aliphatic carbocycles. The first-order valence-corrected chi connectivity index (χ1v) is 11.4. The molecule has 0 N–H and O–H groups in total. The van der Waals surface area contributed by atoms with Gasteiger partial charge in [0.05, 0.1) is 10.4 Å². The second kappa shape index (κ2) is 6.41. The Balaban J connectivity index is 1.60. The fraction of sp³-hybridized carbons (Fsp3) is 0.200. The van der Waals surface area contributed by atoms with Gasteiger partial charge in [0.15, 0.2) is 0 Å². The monoisotopic (exact) mass is 505 g/mol. The zero-order valence-electron chi connectivity index (χ0n) is 15.0. The minimum Gasteiger partial charge on any atom is -0.420 e. The van der Waals surface area contributed by atoms with Gasteiger partial charge >= 0.3 is 0 Å². The highest BCUT2D eigenvalue weighted by Crippen LogP contribution is 2.40. The Morgan fingerprint density at radius 1 is 1.11 bits per heavy atom. The van der Waals surface area contributed by atoms with Gasteiger partial charge in [0.2, 0.25) is 11.8 Å². The molecule has 1 saturated carbocycles. The predicted molar refractivity (Wildman–Crippen MR) is 114 cm³/mol. The van der Waals surface area contributed by atoms with Crippen LogP contribution in [0.4, 0.5) is 0 Å². The summed E-state index contributed by atoms with van der Waals surface area (Å²) in [7, 11) is -3.68. The maximum Gasteiger partial charge on any atom is 0.268 e. The van der Waals surface area contributed by atoms with Crippen molar-refractivity contribution >= 4 is 43.5 Å². The van der Waals surface area contributed by atoms with Gasteiger partial charge in [0, 0.05) is 26.6 Å². The standard InChI is InChI=1S/C20H16IN3O3S/c1-12-2-7-15(8-3-12)28(25,26)24-11-17(21)16-10-14(6-9-18(16)24)20-23-22-19(27-20)13-4-5-13/h2-3,6-11,13H,4-5H2,1H3. The van der Waals surface area contributed by atoms with E-state index in [2.05, 4.69) is 32.8 Å². The summed E-state index contributed by atoms with van der Waals surface area (Å²) >= 11 is 2.15. The SMILES string of the molecule is Cc1ccc(S(=O)(=O)n2cc(I)c3cc(-c4nnc(C5CC5)o4)ccc32)cc1. The van der Waals surface area contributed by atoms with Gasteiger partial charge in [-0.2, -0.15) is 0 Å². The first kappa shape index (κ1) is 17.9. The Morgan fingerprint density at radius 3 is 2.57 bits per heavy atom. The van der Waals surface area contributed by atoms with Crippen LogP contribution in [0.1, 0.15) is 30.2 Å². The summed E-state index contributed by atoms with van der Waals surface area (Å²) in [6, 6.07) is 12.4. The van der Waals surface area contributed by atoms with Crippen molar-refractivity contribution in [3.63, 3.8) is 0 Å². The third-order valence-electron chi connectivity index (χ3n) is 4.91. The zero-order chi connectivity index (χ0) is 19.5. The molecule has 1 fully saturated rings. The Labute approximate surface area is 175 Å². The van der Waals surface area contributed by atoms with E-state index in [0.717, 1.165) is 32.9 Å². The van der Waals surface area contributed by atoms with Crippen LogP contribution in [0.5, 0.6) is 0 Å². The molecule has 0 aliphatic heterocycles. The van der Waals surface area contributed by atoms with Crippen LogP contribution < -0.4 is 0 Å². The summed E-state index contributed by atoms with van der Waals surface area (Å²) in [4.78, 5) is 0.265. The molecule has 28 heavy (non-hydrogen) atoms. The lowest BCUT2D eigenvalue weighted by Gasteiger charge is -2.08. The molecular formula is C20H16IN3O3S. The van der Waals surface area contributed by atoms with Crippen LogP contribution in [0.15, 0.2) is 58.0 Å². The maximum absolute atomic E-state index is 13.1. The molecule has 2 aromatic heterocycles. The molecule has 6 nitrogen and oxygen atoms in total. The van der Waals surface area contributed by atoms with Crippen LogP contribution >= 0.6 is 22.6 Å². The summed E-state index contributed by atoms with van der Waals surface area (Å²) in [5, 5.41) is 9.11. The summed E-state index contributed by atoms with van der Waals surface area (Å²) in [5.74, 6) is 1.55. The fourth-order valence-electron chi connectivity index (χ4n) is 3.16. The lowest BCUT2D eigenvalue weighted by molar-refractivity contribution is 0.508. The molecule has 4 aromatic rings. The number of aromatic nitrogens is 3. The number of aryl methyl sites for hydroxylation is 1. The van der Waals surface area contributed by atoms with E-state index in [4.69, 9.17) is 4.42 Å². The van der Waals surface area contributed by atoms with E-state index in [-0.39, 0.29) is 4.90 Å². The van der Waals surface area contributed by atoms with E-state index in [1.54, 1.807) is 36.5 Å². The highest BCUT2D eigenvalue weighted by atomic mass is 127. The van der Waals surface area contributed by atoms with Gasteiger partial charge in [-0.15, -0.1) is 10.2 Å². The topological polar surface area (TPSA) is 78.0 Å². The van der Waals surface area contributed by atoms with E-state index in [1.807, 2.05) is 19.1 Å². The van der Waals surface area contributed by atoms with Gasteiger partial charge in [-0.25, -0.2) is 12.4 Å². The number of halogens is 1. The number of hydrogen-bond donors (Lipinski definition) is 0. The second-order valence-electron chi connectivity index (χ2n) is 7.04. The third-order valence-corrected chi connectivity index (χ3v) is 7.46. The molecule has 0 bridgehead atoms. The van der Waals surface area contributed by atoms with Crippen molar-refractivity contribution in [1.82, 2.24) is 14.2 Å². The largest absolute Gasteiger partial charge is 0.420 e. The molecule has 1 aliphatic rings. The van der Waals surface area contributed by atoms with Crippen LogP contribution in [0.3, 0.4) is 0 Å². The quantitative estimate of drug-likeness (QED) is 0.375. The van der Waals surface area contributed by atoms with E-state index >= 15 is 0 Å². The van der Waals surface area contributed by atoms with Crippen LogP contribution in [0.25, 0.3) is 22.4 Å². The molecule has 142 valence electrons. The smallest absolute Gasteiger partial charge is 0.268 e. The summed E-state index contributed by atoms with van der Waals surface area (Å²) in [6.45, 7) is 1.93. The Bertz CT molecular complexity index is 1300. The maximum atomic E-state index is 13.1. The van der Waals surface area contributed by atoms with Crippen molar-refractivity contribution in [1.29, 1.82) is 0 Å². The fourth-order valence-corrected chi connectivity index (χ4v) is 5.43. The van der Waals surface area contributed by atoms with Crippen molar-refractivity contribution in [3.8, 4) is 11.5 Å². The summed E-state index contributed by atoms with van der Waals surface area (Å²) in [5.41, 5.74) is 2.42. The molecule has 0 amide bonds. The van der Waals surface area contributed by atoms with Gasteiger partial charge in [-0.3, -0.25) is 0 Å². The lowest BCUT2D eigenvalue weighted by atomic mass is 10.1. The van der Waals surface area contributed by atoms with Gasteiger partial charge < -0.3 is 4.42 Å². The van der Waals surface area contributed by atoms with Gasteiger partial charge in [-0.1, -0.05) is 17.7 Å². The Morgan fingerprint density at radius 2 is 1.86 bits per heavy atom. The number of hydrogen-bond acceptors (Lipinski definition) is 5. The highest BCUT2D eigenvalue weighted by molar-refractivity contribution is 14.1. The molecule has 0 spiro atoms. The van der Waals surface area contributed by atoms with E-state index < -0.39 is 10.0 Å². The van der Waals surface area contributed by atoms with E-state index in [9.17, 15) is 8.42 Å². The van der Waals surface area contributed by atoms with Crippen molar-refractivity contribution in [3.05, 3.63) is 63.7 Å². The summed E-state index contributed by atoms with van der Waals surface area (Å²) < 4.78 is 34.2. The molecule has 2 aromatic carbocycles. The minimum absolute atomic E-state index is 0.265. The average Bonchev–Trinajstić information content (AvgIpc) is 3.32. The predicted octanol–water partition coefficient (Wildman–Crippen LogP) is 4.72. The minimum atomic E-state index is -3.68. The van der Waals surface area contributed by atoms with Crippen LogP contribution in [0.2, 0.25) is 0 Å². The molecule has 0 saturated heterocycles. The van der Waals surface area contributed by atoms with Crippen LogP contribution in [-0.4, -0.2) is 22.6 Å². The molecule has 8 heteroatoms. The molecule has 0 atom stereocenters. The van der Waals surface area contributed by atoms with Crippen molar-refractivity contribution < 1.29 is 12.8 Å². The van der Waals surface area contributed by atoms with Gasteiger partial charge in [0.1, 0.15) is 0 Å². The summed E-state index contributed by atoms with van der Waals surface area (Å²) in [6.07, 6.45) is 3.84. The number of fused-ring (bicyclic) bond motifs is 1.